The lowest BCUT2D eigenvalue weighted by Gasteiger charge is -2.17. The van der Waals surface area contributed by atoms with Crippen molar-refractivity contribution < 1.29 is 29.3 Å². The minimum absolute atomic E-state index is 0.0209. The van der Waals surface area contributed by atoms with Gasteiger partial charge in [-0.1, -0.05) is 30.3 Å². The zero-order valence-corrected chi connectivity index (χ0v) is 16.2. The third-order valence-electron chi connectivity index (χ3n) is 5.14. The number of pyridine rings is 1. The van der Waals surface area contributed by atoms with Crippen LogP contribution in [-0.2, 0) is 4.79 Å². The summed E-state index contributed by atoms with van der Waals surface area (Å²) in [6.07, 6.45) is -1.79. The fourth-order valence-electron chi connectivity index (χ4n) is 3.67. The Bertz CT molecular complexity index is 1080. The van der Waals surface area contributed by atoms with Crippen molar-refractivity contribution in [1.82, 2.24) is 9.88 Å². The molecular weight excluding hydrogens is 388 g/mol. The largest absolute Gasteiger partial charge is 0.497 e. The van der Waals surface area contributed by atoms with E-state index in [1.54, 1.807) is 25.3 Å². The van der Waals surface area contributed by atoms with Gasteiger partial charge >= 0.3 is 12.1 Å². The van der Waals surface area contributed by atoms with Gasteiger partial charge in [0.15, 0.2) is 0 Å². The third kappa shape index (κ3) is 3.71. The van der Waals surface area contributed by atoms with Crippen molar-refractivity contribution in [2.75, 3.05) is 13.7 Å². The molecule has 2 unspecified atom stereocenters. The van der Waals surface area contributed by atoms with Crippen LogP contribution >= 0.6 is 0 Å². The van der Waals surface area contributed by atoms with Crippen LogP contribution in [0.3, 0.4) is 0 Å². The molecule has 1 amide bonds. The highest BCUT2D eigenvalue weighted by Crippen LogP contribution is 2.34. The predicted octanol–water partition coefficient (Wildman–Crippen LogP) is 3.49. The van der Waals surface area contributed by atoms with Crippen LogP contribution in [-0.4, -0.2) is 58.0 Å². The average Bonchev–Trinajstić information content (AvgIpc) is 3.18. The second-order valence-electron chi connectivity index (χ2n) is 7.02. The molecule has 1 aliphatic rings. The number of nitrogens with zero attached hydrogens (tertiary/aromatic N) is 2. The summed E-state index contributed by atoms with van der Waals surface area (Å²) in [5.41, 5.74) is 2.25. The number of likely N-dealkylation sites (tertiary alicyclic amines) is 1. The van der Waals surface area contributed by atoms with Gasteiger partial charge < -0.3 is 19.7 Å². The zero-order chi connectivity index (χ0) is 21.3. The molecule has 2 aromatic carbocycles. The molecule has 4 rings (SSSR count). The Morgan fingerprint density at radius 3 is 2.50 bits per heavy atom. The summed E-state index contributed by atoms with van der Waals surface area (Å²) in [6.45, 7) is -0.0209. The lowest BCUT2D eigenvalue weighted by molar-refractivity contribution is -0.141. The number of hydrogen-bond acceptors (Lipinski definition) is 5. The molecule has 2 atom stereocenters. The Balaban J connectivity index is 1.74. The number of carboxylic acid groups (broad SMARTS) is 2. The normalized spacial score (nSPS) is 18.4. The summed E-state index contributed by atoms with van der Waals surface area (Å²) in [5.74, 6) is -0.0179. The predicted molar refractivity (Wildman–Crippen MR) is 109 cm³/mol. The van der Waals surface area contributed by atoms with Crippen LogP contribution in [0.1, 0.15) is 6.42 Å². The first-order chi connectivity index (χ1) is 14.5. The smallest absolute Gasteiger partial charge is 0.408 e. The minimum Gasteiger partial charge on any atom is -0.497 e. The quantitative estimate of drug-likeness (QED) is 0.665. The van der Waals surface area contributed by atoms with E-state index in [-0.39, 0.29) is 13.0 Å². The number of carbonyl (C=O) groups is 2. The van der Waals surface area contributed by atoms with Gasteiger partial charge in [-0.15, -0.1) is 0 Å². The van der Waals surface area contributed by atoms with Gasteiger partial charge in [-0.05, 0) is 12.1 Å². The van der Waals surface area contributed by atoms with E-state index in [1.165, 1.54) is 0 Å². The highest BCUT2D eigenvalue weighted by atomic mass is 16.5. The summed E-state index contributed by atoms with van der Waals surface area (Å²) >= 11 is 0. The number of amides is 1. The van der Waals surface area contributed by atoms with E-state index in [9.17, 15) is 19.8 Å². The Morgan fingerprint density at radius 1 is 1.10 bits per heavy atom. The fourth-order valence-corrected chi connectivity index (χ4v) is 3.67. The lowest BCUT2D eigenvalue weighted by atomic mass is 10.1. The van der Waals surface area contributed by atoms with Crippen LogP contribution in [0.25, 0.3) is 22.2 Å². The number of ether oxygens (including phenoxy) is 2. The molecular formula is C22H20N2O6. The number of aliphatic carboxylic acids is 1. The van der Waals surface area contributed by atoms with E-state index in [2.05, 4.69) is 0 Å². The van der Waals surface area contributed by atoms with Crippen LogP contribution in [0.4, 0.5) is 4.79 Å². The van der Waals surface area contributed by atoms with E-state index in [0.717, 1.165) is 15.8 Å². The molecule has 2 heterocycles. The molecule has 0 spiro atoms. The summed E-state index contributed by atoms with van der Waals surface area (Å²) in [5, 5.41) is 19.4. The van der Waals surface area contributed by atoms with E-state index in [1.807, 2.05) is 36.4 Å². The maximum Gasteiger partial charge on any atom is 0.408 e. The Hall–Kier alpha value is -3.81. The number of rotatable bonds is 5. The molecule has 0 radical (unpaired) electrons. The van der Waals surface area contributed by atoms with Gasteiger partial charge in [0.25, 0.3) is 0 Å². The van der Waals surface area contributed by atoms with E-state index >= 15 is 0 Å². The van der Waals surface area contributed by atoms with Gasteiger partial charge in [0.2, 0.25) is 0 Å². The van der Waals surface area contributed by atoms with Gasteiger partial charge in [0.05, 0.1) is 24.9 Å². The topological polar surface area (TPSA) is 109 Å². The summed E-state index contributed by atoms with van der Waals surface area (Å²) in [6, 6.07) is 15.7. The first-order valence-electron chi connectivity index (χ1n) is 9.39. The maximum absolute atomic E-state index is 11.5. The second kappa shape index (κ2) is 7.90. The number of benzene rings is 2. The molecule has 1 aliphatic heterocycles. The standard InChI is InChI=1S/C22H20N2O6/c1-29-14-7-8-16-18(9-14)23-17(13-5-3-2-4-6-13)11-20(16)30-15-10-19(21(25)26)24(12-15)22(27)28/h2-9,11,15,19H,10,12H2,1H3,(H,25,26)(H,27,28). The van der Waals surface area contributed by atoms with Gasteiger partial charge in [-0.2, -0.15) is 0 Å². The molecule has 1 saturated heterocycles. The van der Waals surface area contributed by atoms with Gasteiger partial charge in [-0.3, -0.25) is 4.90 Å². The van der Waals surface area contributed by atoms with Crippen molar-refractivity contribution in [3.05, 3.63) is 54.6 Å². The van der Waals surface area contributed by atoms with E-state index < -0.39 is 24.2 Å². The highest BCUT2D eigenvalue weighted by molar-refractivity contribution is 5.89. The molecule has 0 saturated carbocycles. The SMILES string of the molecule is COc1ccc2c(OC3CC(C(=O)O)N(C(=O)O)C3)cc(-c3ccccc3)nc2c1. The van der Waals surface area contributed by atoms with E-state index in [0.29, 0.717) is 22.7 Å². The summed E-state index contributed by atoms with van der Waals surface area (Å²) in [7, 11) is 1.57. The van der Waals surface area contributed by atoms with Gasteiger partial charge in [0, 0.05) is 29.5 Å². The minimum atomic E-state index is -1.28. The molecule has 8 heteroatoms. The van der Waals surface area contributed by atoms with Crippen LogP contribution < -0.4 is 9.47 Å². The summed E-state index contributed by atoms with van der Waals surface area (Å²) in [4.78, 5) is 28.5. The number of aromatic nitrogens is 1. The first kappa shape index (κ1) is 19.5. The average molecular weight is 408 g/mol. The Kier molecular flexibility index (Phi) is 5.14. The van der Waals surface area contributed by atoms with Crippen molar-refractivity contribution in [2.45, 2.75) is 18.6 Å². The number of hydrogen-bond donors (Lipinski definition) is 2. The second-order valence-corrected chi connectivity index (χ2v) is 7.02. The van der Waals surface area contributed by atoms with Crippen LogP contribution in [0, 0.1) is 0 Å². The monoisotopic (exact) mass is 408 g/mol. The molecule has 2 N–H and O–H groups in total. The number of fused-ring (bicyclic) bond motifs is 1. The van der Waals surface area contributed by atoms with Crippen molar-refractivity contribution in [3.63, 3.8) is 0 Å². The van der Waals surface area contributed by atoms with Crippen LogP contribution in [0.2, 0.25) is 0 Å². The van der Waals surface area contributed by atoms with Gasteiger partial charge in [-0.25, -0.2) is 14.6 Å². The molecule has 3 aromatic rings. The van der Waals surface area contributed by atoms with Crippen molar-refractivity contribution in [2.24, 2.45) is 0 Å². The maximum atomic E-state index is 11.5. The van der Waals surface area contributed by atoms with Crippen molar-refractivity contribution in [3.8, 4) is 22.8 Å². The lowest BCUT2D eigenvalue weighted by Crippen LogP contribution is -2.39. The van der Waals surface area contributed by atoms with E-state index in [4.69, 9.17) is 14.5 Å². The van der Waals surface area contributed by atoms with Crippen LogP contribution in [0.15, 0.2) is 54.6 Å². The fraction of sp³-hybridized carbons (Fsp3) is 0.227. The zero-order valence-electron chi connectivity index (χ0n) is 16.2. The summed E-state index contributed by atoms with van der Waals surface area (Å²) < 4.78 is 11.4. The molecule has 1 aromatic heterocycles. The Morgan fingerprint density at radius 2 is 1.87 bits per heavy atom. The molecule has 30 heavy (non-hydrogen) atoms. The first-order valence-corrected chi connectivity index (χ1v) is 9.39. The number of carboxylic acids is 1. The van der Waals surface area contributed by atoms with Crippen LogP contribution in [0.5, 0.6) is 11.5 Å². The Labute approximate surface area is 172 Å². The van der Waals surface area contributed by atoms with Crippen molar-refractivity contribution >= 4 is 23.0 Å². The molecule has 154 valence electrons. The highest BCUT2D eigenvalue weighted by Gasteiger charge is 2.41. The number of methoxy groups -OCH3 is 1. The molecule has 8 nitrogen and oxygen atoms in total. The molecule has 1 fully saturated rings. The third-order valence-corrected chi connectivity index (χ3v) is 5.14. The molecule has 0 bridgehead atoms. The molecule has 0 aliphatic carbocycles. The van der Waals surface area contributed by atoms with Crippen molar-refractivity contribution in [1.29, 1.82) is 0 Å². The van der Waals surface area contributed by atoms with Gasteiger partial charge in [0.1, 0.15) is 23.6 Å².